The molecule has 2 atom stereocenters. The molecule has 24 heavy (non-hydrogen) atoms. The first-order valence-electron chi connectivity index (χ1n) is 9.53. The van der Waals surface area contributed by atoms with E-state index in [0.29, 0.717) is 0 Å². The summed E-state index contributed by atoms with van der Waals surface area (Å²) in [6, 6.07) is 10.7. The number of aliphatic hydroxyl groups is 1. The van der Waals surface area contributed by atoms with Gasteiger partial charge >= 0.3 is 0 Å². The smallest absolute Gasteiger partial charge is 0.160 e. The van der Waals surface area contributed by atoms with Crippen molar-refractivity contribution in [3.8, 4) is 0 Å². The van der Waals surface area contributed by atoms with Gasteiger partial charge in [-0.1, -0.05) is 32.0 Å². The van der Waals surface area contributed by atoms with Crippen LogP contribution in [0.15, 0.2) is 30.3 Å². The zero-order chi connectivity index (χ0) is 17.0. The predicted molar refractivity (Wildman–Crippen MR) is 98.2 cm³/mol. The summed E-state index contributed by atoms with van der Waals surface area (Å²) in [5.74, 6) is 0. The molecule has 0 spiro atoms. The van der Waals surface area contributed by atoms with Gasteiger partial charge in [-0.2, -0.15) is 0 Å². The van der Waals surface area contributed by atoms with Crippen LogP contribution in [0.4, 0.5) is 5.69 Å². The number of aliphatic hydroxyl groups excluding tert-OH is 1. The van der Waals surface area contributed by atoms with Crippen molar-refractivity contribution in [2.24, 2.45) is 5.41 Å². The van der Waals surface area contributed by atoms with Crippen LogP contribution in [0.3, 0.4) is 0 Å². The molecule has 1 aromatic rings. The Kier molecular flexibility index (Phi) is 5.80. The van der Waals surface area contributed by atoms with Crippen LogP contribution < -0.4 is 4.90 Å². The summed E-state index contributed by atoms with van der Waals surface area (Å²) < 4.78 is 5.86. The van der Waals surface area contributed by atoms with Crippen molar-refractivity contribution in [2.45, 2.75) is 51.9 Å². The average molecular weight is 332 g/mol. The van der Waals surface area contributed by atoms with Crippen LogP contribution in [0.2, 0.25) is 0 Å². The lowest BCUT2D eigenvalue weighted by molar-refractivity contribution is -0.138. The maximum atomic E-state index is 10.3. The molecule has 2 saturated heterocycles. The molecule has 0 saturated carbocycles. The lowest BCUT2D eigenvalue weighted by atomic mass is 9.78. The third kappa shape index (κ3) is 3.76. The number of anilines is 1. The molecule has 2 unspecified atom stereocenters. The zero-order valence-electron chi connectivity index (χ0n) is 15.2. The molecule has 0 aliphatic carbocycles. The van der Waals surface area contributed by atoms with E-state index in [0.717, 1.165) is 58.4 Å². The van der Waals surface area contributed by atoms with Gasteiger partial charge in [0.2, 0.25) is 0 Å². The highest BCUT2D eigenvalue weighted by Crippen LogP contribution is 2.44. The highest BCUT2D eigenvalue weighted by Gasteiger charge is 2.45. The molecule has 2 fully saturated rings. The van der Waals surface area contributed by atoms with Crippen molar-refractivity contribution in [3.63, 3.8) is 0 Å². The van der Waals surface area contributed by atoms with Crippen molar-refractivity contribution in [1.29, 1.82) is 0 Å². The summed E-state index contributed by atoms with van der Waals surface area (Å²) in [4.78, 5) is 5.00. The quantitative estimate of drug-likeness (QED) is 0.868. The molecule has 2 heterocycles. The number of hydrogen-bond donors (Lipinski definition) is 1. The van der Waals surface area contributed by atoms with Crippen LogP contribution in [0, 0.1) is 5.41 Å². The van der Waals surface area contributed by atoms with E-state index in [2.05, 4.69) is 54.0 Å². The lowest BCUT2D eigenvalue weighted by Gasteiger charge is -2.36. The number of hydrogen-bond acceptors (Lipinski definition) is 4. The topological polar surface area (TPSA) is 35.9 Å². The molecule has 134 valence electrons. The third-order valence-corrected chi connectivity index (χ3v) is 6.15. The van der Waals surface area contributed by atoms with Crippen molar-refractivity contribution in [2.75, 3.05) is 37.6 Å². The maximum Gasteiger partial charge on any atom is 0.160 e. The van der Waals surface area contributed by atoms with Crippen molar-refractivity contribution in [1.82, 2.24) is 4.90 Å². The fourth-order valence-corrected chi connectivity index (χ4v) is 4.18. The largest absolute Gasteiger partial charge is 0.369 e. The Labute approximate surface area is 146 Å². The lowest BCUT2D eigenvalue weighted by Crippen LogP contribution is -2.47. The molecular formula is C20H32N2O2. The molecule has 1 N–H and O–H groups in total. The molecule has 1 aromatic carbocycles. The highest BCUT2D eigenvalue weighted by molar-refractivity contribution is 5.46. The van der Waals surface area contributed by atoms with Crippen molar-refractivity contribution in [3.05, 3.63) is 30.3 Å². The van der Waals surface area contributed by atoms with E-state index in [4.69, 9.17) is 4.74 Å². The summed E-state index contributed by atoms with van der Waals surface area (Å²) in [6.07, 6.45) is 3.67. The van der Waals surface area contributed by atoms with Gasteiger partial charge in [-0.15, -0.1) is 0 Å². The van der Waals surface area contributed by atoms with E-state index in [1.807, 2.05) is 0 Å². The van der Waals surface area contributed by atoms with Gasteiger partial charge in [-0.3, -0.25) is 4.90 Å². The first-order valence-corrected chi connectivity index (χ1v) is 9.53. The summed E-state index contributed by atoms with van der Waals surface area (Å²) >= 11 is 0. The summed E-state index contributed by atoms with van der Waals surface area (Å²) in [7, 11) is 0. The van der Waals surface area contributed by atoms with Crippen molar-refractivity contribution < 1.29 is 9.84 Å². The summed E-state index contributed by atoms with van der Waals surface area (Å²) in [6.45, 7) is 9.80. The molecule has 2 aliphatic rings. The molecule has 0 aromatic heterocycles. The van der Waals surface area contributed by atoms with Gasteiger partial charge in [0.15, 0.2) is 6.29 Å². The van der Waals surface area contributed by atoms with E-state index >= 15 is 0 Å². The Morgan fingerprint density at radius 2 is 1.75 bits per heavy atom. The number of benzene rings is 1. The first kappa shape index (κ1) is 17.7. The Morgan fingerprint density at radius 1 is 1.08 bits per heavy atom. The van der Waals surface area contributed by atoms with Gasteiger partial charge in [0.1, 0.15) is 0 Å². The molecule has 0 amide bonds. The second-order valence-electron chi connectivity index (χ2n) is 7.34. The monoisotopic (exact) mass is 332 g/mol. The number of rotatable bonds is 6. The second kappa shape index (κ2) is 7.85. The highest BCUT2D eigenvalue weighted by atomic mass is 16.6. The molecule has 0 radical (unpaired) electrons. The van der Waals surface area contributed by atoms with Gasteiger partial charge in [-0.05, 0) is 37.8 Å². The van der Waals surface area contributed by atoms with Crippen molar-refractivity contribution >= 4 is 5.69 Å². The Bertz CT molecular complexity index is 496. The van der Waals surface area contributed by atoms with E-state index in [9.17, 15) is 5.11 Å². The van der Waals surface area contributed by atoms with E-state index in [1.165, 1.54) is 5.69 Å². The number of nitrogens with zero attached hydrogens (tertiary/aromatic N) is 2. The van der Waals surface area contributed by atoms with Gasteiger partial charge in [0, 0.05) is 43.8 Å². The van der Waals surface area contributed by atoms with Gasteiger partial charge in [-0.25, -0.2) is 0 Å². The number of piperazine rings is 1. The molecular weight excluding hydrogens is 300 g/mol. The van der Waals surface area contributed by atoms with E-state index < -0.39 is 6.29 Å². The molecule has 4 heteroatoms. The summed E-state index contributed by atoms with van der Waals surface area (Å²) in [5, 5.41) is 10.3. The fraction of sp³-hybridized carbons (Fsp3) is 0.700. The zero-order valence-corrected chi connectivity index (χ0v) is 15.2. The molecule has 3 rings (SSSR count). The Morgan fingerprint density at radius 3 is 2.33 bits per heavy atom. The fourth-order valence-electron chi connectivity index (χ4n) is 4.18. The SMILES string of the molecule is CCC1(CC)CC(CCN2CCN(c3ccccc3)CC2)OC1O. The minimum atomic E-state index is -0.576. The number of ether oxygens (including phenoxy) is 1. The number of para-hydroxylation sites is 1. The van der Waals surface area contributed by atoms with Crippen LogP contribution in [0.25, 0.3) is 0 Å². The predicted octanol–water partition coefficient (Wildman–Crippen LogP) is 3.11. The maximum absolute atomic E-state index is 10.3. The van der Waals surface area contributed by atoms with E-state index in [-0.39, 0.29) is 11.5 Å². The van der Waals surface area contributed by atoms with Crippen LogP contribution >= 0.6 is 0 Å². The summed E-state index contributed by atoms with van der Waals surface area (Å²) in [5.41, 5.74) is 1.31. The van der Waals surface area contributed by atoms with Gasteiger partial charge in [0.25, 0.3) is 0 Å². The minimum absolute atomic E-state index is 0.0172. The van der Waals surface area contributed by atoms with Crippen LogP contribution in [-0.2, 0) is 4.74 Å². The minimum Gasteiger partial charge on any atom is -0.369 e. The Balaban J connectivity index is 1.43. The first-order chi connectivity index (χ1) is 11.7. The van der Waals surface area contributed by atoms with Crippen LogP contribution in [0.1, 0.15) is 39.5 Å². The standard InChI is InChI=1S/C20H32N2O2/c1-3-20(4-2)16-18(24-19(20)23)10-11-21-12-14-22(15-13-21)17-8-6-5-7-9-17/h5-9,18-19,23H,3-4,10-16H2,1-2H3. The van der Waals surface area contributed by atoms with Crippen LogP contribution in [0.5, 0.6) is 0 Å². The Hall–Kier alpha value is -1.10. The van der Waals surface area contributed by atoms with E-state index in [1.54, 1.807) is 0 Å². The third-order valence-electron chi connectivity index (χ3n) is 6.15. The van der Waals surface area contributed by atoms with Crippen LogP contribution in [-0.4, -0.2) is 55.1 Å². The molecule has 0 bridgehead atoms. The molecule has 4 nitrogen and oxygen atoms in total. The second-order valence-corrected chi connectivity index (χ2v) is 7.34. The van der Waals surface area contributed by atoms with Gasteiger partial charge in [0.05, 0.1) is 6.10 Å². The average Bonchev–Trinajstić information content (AvgIpc) is 2.97. The molecule has 2 aliphatic heterocycles. The normalized spacial score (nSPS) is 27.5. The van der Waals surface area contributed by atoms with Gasteiger partial charge < -0.3 is 14.7 Å².